The number of nitrogens with zero attached hydrogens (tertiary/aromatic N) is 1. The van der Waals surface area contributed by atoms with Gasteiger partial charge in [0.05, 0.1) is 12.6 Å². The van der Waals surface area contributed by atoms with E-state index >= 15 is 0 Å². The second kappa shape index (κ2) is 6.89. The lowest BCUT2D eigenvalue weighted by molar-refractivity contribution is 0.104. The number of hydrogen-bond acceptors (Lipinski definition) is 2. The van der Waals surface area contributed by atoms with Gasteiger partial charge in [0.25, 0.3) is 0 Å². The molecule has 2 rings (SSSR count). The highest BCUT2D eigenvalue weighted by Gasteiger charge is 2.20. The van der Waals surface area contributed by atoms with Crippen LogP contribution in [-0.4, -0.2) is 29.7 Å². The van der Waals surface area contributed by atoms with Gasteiger partial charge in [-0.15, -0.1) is 12.4 Å². The van der Waals surface area contributed by atoms with Crippen molar-refractivity contribution in [3.8, 4) is 0 Å². The standard InChI is InChI=1S/C13H19NO.ClH/c15-11-13(12-7-3-1-4-8-12)14-9-5-2-6-10-14;/h1,3-4,7-8,13,15H,2,5-6,9-11H2;1H. The summed E-state index contributed by atoms with van der Waals surface area (Å²) in [6.45, 7) is 2.48. The van der Waals surface area contributed by atoms with E-state index in [4.69, 9.17) is 0 Å². The third kappa shape index (κ3) is 3.21. The van der Waals surface area contributed by atoms with Crippen LogP contribution in [0.4, 0.5) is 0 Å². The summed E-state index contributed by atoms with van der Waals surface area (Å²) in [4.78, 5) is 2.40. The summed E-state index contributed by atoms with van der Waals surface area (Å²) in [5.41, 5.74) is 1.24. The van der Waals surface area contributed by atoms with E-state index in [-0.39, 0.29) is 25.1 Å². The number of rotatable bonds is 3. The van der Waals surface area contributed by atoms with Gasteiger partial charge in [-0.3, -0.25) is 4.90 Å². The summed E-state index contributed by atoms with van der Waals surface area (Å²) in [5.74, 6) is 0. The Labute approximate surface area is 104 Å². The molecule has 16 heavy (non-hydrogen) atoms. The van der Waals surface area contributed by atoms with Crippen molar-refractivity contribution in [1.82, 2.24) is 4.90 Å². The minimum atomic E-state index is 0. The lowest BCUT2D eigenvalue weighted by Crippen LogP contribution is -2.35. The lowest BCUT2D eigenvalue weighted by atomic mass is 10.0. The first kappa shape index (κ1) is 13.5. The van der Waals surface area contributed by atoms with Gasteiger partial charge in [0.1, 0.15) is 0 Å². The van der Waals surface area contributed by atoms with Crippen LogP contribution in [0.5, 0.6) is 0 Å². The van der Waals surface area contributed by atoms with E-state index in [1.54, 1.807) is 0 Å². The predicted octanol–water partition coefficient (Wildman–Crippen LogP) is 2.63. The summed E-state index contributed by atoms with van der Waals surface area (Å²) in [6, 6.07) is 10.5. The Hall–Kier alpha value is -0.570. The molecule has 0 amide bonds. The van der Waals surface area contributed by atoms with Crippen LogP contribution < -0.4 is 0 Å². The fourth-order valence-corrected chi connectivity index (χ4v) is 2.34. The van der Waals surface area contributed by atoms with Crippen molar-refractivity contribution < 1.29 is 5.11 Å². The molecule has 0 spiro atoms. The van der Waals surface area contributed by atoms with Crippen LogP contribution in [0.1, 0.15) is 30.9 Å². The number of aliphatic hydroxyl groups excluding tert-OH is 1. The van der Waals surface area contributed by atoms with Crippen LogP contribution in [0.15, 0.2) is 30.3 Å². The molecule has 0 bridgehead atoms. The summed E-state index contributed by atoms with van der Waals surface area (Å²) in [6.07, 6.45) is 3.87. The van der Waals surface area contributed by atoms with Gasteiger partial charge in [-0.2, -0.15) is 0 Å². The number of hydrogen-bond donors (Lipinski definition) is 1. The van der Waals surface area contributed by atoms with Gasteiger partial charge in [0, 0.05) is 0 Å². The molecule has 0 radical (unpaired) electrons. The monoisotopic (exact) mass is 241 g/mol. The smallest absolute Gasteiger partial charge is 0.0628 e. The van der Waals surface area contributed by atoms with Crippen molar-refractivity contribution in [3.63, 3.8) is 0 Å². The van der Waals surface area contributed by atoms with Gasteiger partial charge in [-0.05, 0) is 31.5 Å². The Balaban J connectivity index is 0.00000128. The summed E-state index contributed by atoms with van der Waals surface area (Å²) < 4.78 is 0. The van der Waals surface area contributed by atoms with Crippen molar-refractivity contribution in [1.29, 1.82) is 0 Å². The molecular formula is C13H20ClNO. The van der Waals surface area contributed by atoms with Crippen molar-refractivity contribution in [2.24, 2.45) is 0 Å². The van der Waals surface area contributed by atoms with Crippen LogP contribution in [0, 0.1) is 0 Å². The minimum absolute atomic E-state index is 0. The summed E-state index contributed by atoms with van der Waals surface area (Å²) in [7, 11) is 0. The first-order chi connectivity index (χ1) is 7.42. The average Bonchev–Trinajstić information content (AvgIpc) is 2.33. The maximum Gasteiger partial charge on any atom is 0.0628 e. The van der Waals surface area contributed by atoms with Crippen molar-refractivity contribution in [2.75, 3.05) is 19.7 Å². The Kier molecular flexibility index (Phi) is 5.81. The maximum atomic E-state index is 9.49. The maximum absolute atomic E-state index is 9.49. The number of piperidine rings is 1. The van der Waals surface area contributed by atoms with Crippen molar-refractivity contribution >= 4 is 12.4 Å². The normalized spacial score (nSPS) is 18.8. The van der Waals surface area contributed by atoms with Gasteiger partial charge in [-0.1, -0.05) is 36.8 Å². The zero-order valence-electron chi connectivity index (χ0n) is 9.51. The predicted molar refractivity (Wildman–Crippen MR) is 68.9 cm³/mol. The van der Waals surface area contributed by atoms with Gasteiger partial charge in [-0.25, -0.2) is 0 Å². The Morgan fingerprint density at radius 2 is 1.69 bits per heavy atom. The number of benzene rings is 1. The largest absolute Gasteiger partial charge is 0.394 e. The van der Waals surface area contributed by atoms with Crippen LogP contribution in [0.2, 0.25) is 0 Å². The molecule has 1 aliphatic rings. The van der Waals surface area contributed by atoms with E-state index in [1.165, 1.54) is 24.8 Å². The van der Waals surface area contributed by atoms with Crippen LogP contribution in [-0.2, 0) is 0 Å². The van der Waals surface area contributed by atoms with Crippen molar-refractivity contribution in [2.45, 2.75) is 25.3 Å². The Morgan fingerprint density at radius 1 is 1.06 bits per heavy atom. The second-order valence-corrected chi connectivity index (χ2v) is 4.21. The molecule has 0 saturated carbocycles. The van der Waals surface area contributed by atoms with E-state index in [9.17, 15) is 5.11 Å². The zero-order chi connectivity index (χ0) is 10.5. The highest BCUT2D eigenvalue weighted by Crippen LogP contribution is 2.23. The number of halogens is 1. The van der Waals surface area contributed by atoms with Gasteiger partial charge in [0.2, 0.25) is 0 Å². The fourth-order valence-electron chi connectivity index (χ4n) is 2.34. The van der Waals surface area contributed by atoms with Crippen LogP contribution in [0.3, 0.4) is 0 Å². The fraction of sp³-hybridized carbons (Fsp3) is 0.538. The van der Waals surface area contributed by atoms with Gasteiger partial charge < -0.3 is 5.11 Å². The molecule has 3 heteroatoms. The molecule has 1 heterocycles. The molecule has 90 valence electrons. The molecule has 1 N–H and O–H groups in total. The van der Waals surface area contributed by atoms with Crippen molar-refractivity contribution in [3.05, 3.63) is 35.9 Å². The molecule has 1 aromatic rings. The number of likely N-dealkylation sites (tertiary alicyclic amines) is 1. The highest BCUT2D eigenvalue weighted by molar-refractivity contribution is 5.85. The Morgan fingerprint density at radius 3 is 2.25 bits per heavy atom. The number of aliphatic hydroxyl groups is 1. The molecule has 0 aliphatic carbocycles. The summed E-state index contributed by atoms with van der Waals surface area (Å²) in [5, 5.41) is 9.49. The minimum Gasteiger partial charge on any atom is -0.394 e. The third-order valence-corrected chi connectivity index (χ3v) is 3.19. The quantitative estimate of drug-likeness (QED) is 0.880. The third-order valence-electron chi connectivity index (χ3n) is 3.19. The van der Waals surface area contributed by atoms with E-state index in [0.29, 0.717) is 0 Å². The van der Waals surface area contributed by atoms with Crippen LogP contribution in [0.25, 0.3) is 0 Å². The summed E-state index contributed by atoms with van der Waals surface area (Å²) >= 11 is 0. The molecule has 2 nitrogen and oxygen atoms in total. The topological polar surface area (TPSA) is 23.5 Å². The Bertz CT molecular complexity index is 285. The van der Waals surface area contributed by atoms with E-state index < -0.39 is 0 Å². The SMILES string of the molecule is Cl.OCC(c1ccccc1)N1CCCCC1. The molecule has 1 aromatic carbocycles. The highest BCUT2D eigenvalue weighted by atomic mass is 35.5. The van der Waals surface area contributed by atoms with E-state index in [1.807, 2.05) is 18.2 Å². The lowest BCUT2D eigenvalue weighted by Gasteiger charge is -2.33. The van der Waals surface area contributed by atoms with Gasteiger partial charge >= 0.3 is 0 Å². The molecule has 1 unspecified atom stereocenters. The second-order valence-electron chi connectivity index (χ2n) is 4.21. The average molecular weight is 242 g/mol. The van der Waals surface area contributed by atoms with E-state index in [2.05, 4.69) is 17.0 Å². The van der Waals surface area contributed by atoms with E-state index in [0.717, 1.165) is 13.1 Å². The molecule has 1 saturated heterocycles. The zero-order valence-corrected chi connectivity index (χ0v) is 10.3. The molecular weight excluding hydrogens is 222 g/mol. The molecule has 1 fully saturated rings. The molecule has 0 aromatic heterocycles. The van der Waals surface area contributed by atoms with Crippen LogP contribution >= 0.6 is 12.4 Å². The molecule has 1 aliphatic heterocycles. The first-order valence-electron chi connectivity index (χ1n) is 5.81. The molecule has 1 atom stereocenters. The first-order valence-corrected chi connectivity index (χ1v) is 5.81. The van der Waals surface area contributed by atoms with Gasteiger partial charge in [0.15, 0.2) is 0 Å².